The van der Waals surface area contributed by atoms with E-state index in [1.165, 1.54) is 23.5 Å². The lowest BCUT2D eigenvalue weighted by Gasteiger charge is -2.23. The fourth-order valence-corrected chi connectivity index (χ4v) is 3.51. The van der Waals surface area contributed by atoms with Crippen LogP contribution in [0.25, 0.3) is 0 Å². The lowest BCUT2D eigenvalue weighted by atomic mass is 10.3. The summed E-state index contributed by atoms with van der Waals surface area (Å²) in [6.45, 7) is 2.07. The van der Waals surface area contributed by atoms with Crippen LogP contribution in [0.2, 0.25) is 0 Å². The van der Waals surface area contributed by atoms with E-state index >= 15 is 0 Å². The summed E-state index contributed by atoms with van der Waals surface area (Å²) in [6, 6.07) is 7.72. The molecule has 0 radical (unpaired) electrons. The van der Waals surface area contributed by atoms with E-state index in [2.05, 4.69) is 4.98 Å². The Labute approximate surface area is 124 Å². The first kappa shape index (κ1) is 15.1. The van der Waals surface area contributed by atoms with Crippen molar-refractivity contribution >= 4 is 21.4 Å². The van der Waals surface area contributed by atoms with Crippen LogP contribution in [0, 0.1) is 0 Å². The van der Waals surface area contributed by atoms with Crippen molar-refractivity contribution in [3.05, 3.63) is 42.7 Å². The second-order valence-electron chi connectivity index (χ2n) is 4.28. The number of hydrogen-bond donors (Lipinski definition) is 1. The molecule has 0 saturated heterocycles. The molecule has 0 aliphatic carbocycles. The number of nitrogens with zero attached hydrogens (tertiary/aromatic N) is 2. The van der Waals surface area contributed by atoms with Crippen molar-refractivity contribution < 1.29 is 13.2 Å². The molecule has 2 aromatic rings. The van der Waals surface area contributed by atoms with Gasteiger partial charge >= 0.3 is 0 Å². The third-order valence-corrected chi connectivity index (χ3v) is 4.93. The Morgan fingerprint density at radius 1 is 1.24 bits per heavy atom. The van der Waals surface area contributed by atoms with Gasteiger partial charge < -0.3 is 10.5 Å². The average Bonchev–Trinajstić information content (AvgIpc) is 2.48. The monoisotopic (exact) mass is 307 g/mol. The SMILES string of the molecule is CCN(c1ccncc1)S(=O)(=O)c1ccc(OC)c(N)c1. The molecule has 2 N–H and O–H groups in total. The summed E-state index contributed by atoms with van der Waals surface area (Å²) >= 11 is 0. The van der Waals surface area contributed by atoms with Gasteiger partial charge in [-0.1, -0.05) is 0 Å². The van der Waals surface area contributed by atoms with Gasteiger partial charge in [0.1, 0.15) is 5.75 Å². The molecule has 7 heteroatoms. The molecule has 0 saturated carbocycles. The lowest BCUT2D eigenvalue weighted by Crippen LogP contribution is -2.30. The summed E-state index contributed by atoms with van der Waals surface area (Å²) in [5, 5.41) is 0. The topological polar surface area (TPSA) is 85.5 Å². The Morgan fingerprint density at radius 3 is 2.43 bits per heavy atom. The van der Waals surface area contributed by atoms with E-state index < -0.39 is 10.0 Å². The molecule has 21 heavy (non-hydrogen) atoms. The minimum Gasteiger partial charge on any atom is -0.495 e. The Bertz CT molecular complexity index is 717. The second-order valence-corrected chi connectivity index (χ2v) is 6.14. The third-order valence-electron chi connectivity index (χ3n) is 3.03. The number of ether oxygens (including phenoxy) is 1. The molecule has 0 aliphatic rings. The molecule has 0 amide bonds. The predicted octanol–water partition coefficient (Wildman–Crippen LogP) is 1.89. The predicted molar refractivity (Wildman–Crippen MR) is 81.8 cm³/mol. The molecule has 0 atom stereocenters. The normalized spacial score (nSPS) is 11.1. The highest BCUT2D eigenvalue weighted by Crippen LogP contribution is 2.28. The van der Waals surface area contributed by atoms with Gasteiger partial charge in [0.15, 0.2) is 0 Å². The average molecular weight is 307 g/mol. The maximum Gasteiger partial charge on any atom is 0.264 e. The summed E-state index contributed by atoms with van der Waals surface area (Å²) in [4.78, 5) is 4.02. The van der Waals surface area contributed by atoms with Gasteiger partial charge in [-0.3, -0.25) is 9.29 Å². The highest BCUT2D eigenvalue weighted by Gasteiger charge is 2.24. The molecule has 1 heterocycles. The van der Waals surface area contributed by atoms with Crippen LogP contribution in [0.5, 0.6) is 5.75 Å². The quantitative estimate of drug-likeness (QED) is 0.853. The molecule has 0 spiro atoms. The minimum atomic E-state index is -3.68. The van der Waals surface area contributed by atoms with Crippen LogP contribution in [0.15, 0.2) is 47.6 Å². The highest BCUT2D eigenvalue weighted by molar-refractivity contribution is 7.92. The van der Waals surface area contributed by atoms with Crippen LogP contribution < -0.4 is 14.8 Å². The number of pyridine rings is 1. The lowest BCUT2D eigenvalue weighted by molar-refractivity contribution is 0.416. The van der Waals surface area contributed by atoms with Gasteiger partial charge in [0.05, 0.1) is 23.4 Å². The second kappa shape index (κ2) is 6.01. The summed E-state index contributed by atoms with van der Waals surface area (Å²) in [5.41, 5.74) is 6.63. The van der Waals surface area contributed by atoms with E-state index in [0.717, 1.165) is 0 Å². The molecule has 0 unspecified atom stereocenters. The first-order chi connectivity index (χ1) is 10.0. The van der Waals surface area contributed by atoms with Crippen molar-refractivity contribution in [2.24, 2.45) is 0 Å². The van der Waals surface area contributed by atoms with E-state index in [4.69, 9.17) is 10.5 Å². The Balaban J connectivity index is 2.47. The molecule has 0 aliphatic heterocycles. The zero-order chi connectivity index (χ0) is 15.5. The molecular formula is C14H17N3O3S. The van der Waals surface area contributed by atoms with Gasteiger partial charge in [-0.25, -0.2) is 8.42 Å². The van der Waals surface area contributed by atoms with E-state index in [-0.39, 0.29) is 10.6 Å². The molecule has 0 fully saturated rings. The molecule has 112 valence electrons. The van der Waals surface area contributed by atoms with E-state index in [0.29, 0.717) is 18.0 Å². The van der Waals surface area contributed by atoms with Crippen LogP contribution in [0.4, 0.5) is 11.4 Å². The van der Waals surface area contributed by atoms with Crippen molar-refractivity contribution in [3.8, 4) is 5.75 Å². The minimum absolute atomic E-state index is 0.125. The van der Waals surface area contributed by atoms with Crippen molar-refractivity contribution in [3.63, 3.8) is 0 Å². The number of methoxy groups -OCH3 is 1. The third kappa shape index (κ3) is 2.92. The van der Waals surface area contributed by atoms with Crippen molar-refractivity contribution in [1.29, 1.82) is 0 Å². The summed E-state index contributed by atoms with van der Waals surface area (Å²) in [7, 11) is -2.20. The van der Waals surface area contributed by atoms with Gasteiger partial charge in [-0.05, 0) is 37.3 Å². The number of anilines is 2. The van der Waals surface area contributed by atoms with Crippen LogP contribution in [-0.4, -0.2) is 27.1 Å². The molecule has 1 aromatic carbocycles. The number of benzene rings is 1. The fourth-order valence-electron chi connectivity index (χ4n) is 2.00. The van der Waals surface area contributed by atoms with Gasteiger partial charge in [0, 0.05) is 18.9 Å². The summed E-state index contributed by atoms with van der Waals surface area (Å²) < 4.78 is 31.8. The number of nitrogen functional groups attached to an aromatic ring is 1. The molecule has 0 bridgehead atoms. The fraction of sp³-hybridized carbons (Fsp3) is 0.214. The molecular weight excluding hydrogens is 290 g/mol. The number of nitrogens with two attached hydrogens (primary N) is 1. The standard InChI is InChI=1S/C14H17N3O3S/c1-3-17(11-6-8-16-9-7-11)21(18,19)12-4-5-14(20-2)13(15)10-12/h4-10H,3,15H2,1-2H3. The van der Waals surface area contributed by atoms with E-state index in [1.54, 1.807) is 37.5 Å². The van der Waals surface area contributed by atoms with Crippen molar-refractivity contribution in [1.82, 2.24) is 4.98 Å². The first-order valence-electron chi connectivity index (χ1n) is 6.37. The summed E-state index contributed by atoms with van der Waals surface area (Å²) in [5.74, 6) is 0.445. The summed E-state index contributed by atoms with van der Waals surface area (Å²) in [6.07, 6.45) is 3.10. The van der Waals surface area contributed by atoms with Gasteiger partial charge in [0.2, 0.25) is 0 Å². The van der Waals surface area contributed by atoms with Crippen molar-refractivity contribution in [2.75, 3.05) is 23.7 Å². The maximum absolute atomic E-state index is 12.7. The molecule has 1 aromatic heterocycles. The van der Waals surface area contributed by atoms with Crippen LogP contribution in [-0.2, 0) is 10.0 Å². The van der Waals surface area contributed by atoms with Gasteiger partial charge in [-0.15, -0.1) is 0 Å². The van der Waals surface area contributed by atoms with Crippen molar-refractivity contribution in [2.45, 2.75) is 11.8 Å². The number of sulfonamides is 1. The van der Waals surface area contributed by atoms with Gasteiger partial charge in [-0.2, -0.15) is 0 Å². The van der Waals surface area contributed by atoms with E-state index in [1.807, 2.05) is 0 Å². The Morgan fingerprint density at radius 2 is 1.90 bits per heavy atom. The first-order valence-corrected chi connectivity index (χ1v) is 7.81. The maximum atomic E-state index is 12.7. The molecule has 2 rings (SSSR count). The van der Waals surface area contributed by atoms with Crippen LogP contribution >= 0.6 is 0 Å². The zero-order valence-electron chi connectivity index (χ0n) is 11.9. The smallest absolute Gasteiger partial charge is 0.264 e. The van der Waals surface area contributed by atoms with Crippen LogP contribution in [0.1, 0.15) is 6.92 Å². The van der Waals surface area contributed by atoms with Gasteiger partial charge in [0.25, 0.3) is 10.0 Å². The number of aromatic nitrogens is 1. The molecule has 6 nitrogen and oxygen atoms in total. The number of hydrogen-bond acceptors (Lipinski definition) is 5. The number of rotatable bonds is 5. The zero-order valence-corrected chi connectivity index (χ0v) is 12.7. The Kier molecular flexibility index (Phi) is 4.32. The Hall–Kier alpha value is -2.28. The largest absolute Gasteiger partial charge is 0.495 e. The van der Waals surface area contributed by atoms with E-state index in [9.17, 15) is 8.42 Å². The van der Waals surface area contributed by atoms with Crippen LogP contribution in [0.3, 0.4) is 0 Å². The highest BCUT2D eigenvalue weighted by atomic mass is 32.2.